The lowest BCUT2D eigenvalue weighted by Crippen LogP contribution is -2.19. The maximum atomic E-state index is 13.8. The average molecular weight is 308 g/mol. The molecule has 1 atom stereocenters. The van der Waals surface area contributed by atoms with Crippen LogP contribution in [-0.2, 0) is 6.42 Å². The van der Waals surface area contributed by atoms with Gasteiger partial charge in [0.2, 0.25) is 0 Å². The summed E-state index contributed by atoms with van der Waals surface area (Å²) in [5, 5.41) is 3.76. The Morgan fingerprint density at radius 3 is 2.52 bits per heavy atom. The fourth-order valence-electron chi connectivity index (χ4n) is 2.27. The minimum Gasteiger partial charge on any atom is -0.494 e. The van der Waals surface area contributed by atoms with Gasteiger partial charge in [0.15, 0.2) is 0 Å². The Kier molecular flexibility index (Phi) is 5.59. The van der Waals surface area contributed by atoms with Crippen molar-refractivity contribution in [3.63, 3.8) is 0 Å². The van der Waals surface area contributed by atoms with E-state index in [0.717, 1.165) is 11.3 Å². The third kappa shape index (κ3) is 4.19. The van der Waals surface area contributed by atoms with Crippen LogP contribution in [0.3, 0.4) is 0 Å². The second kappa shape index (κ2) is 7.43. The molecule has 0 bridgehead atoms. The van der Waals surface area contributed by atoms with Gasteiger partial charge in [-0.05, 0) is 61.9 Å². The normalized spacial score (nSPS) is 12.2. The van der Waals surface area contributed by atoms with E-state index in [1.807, 2.05) is 38.2 Å². The molecule has 2 aromatic carbocycles. The summed E-state index contributed by atoms with van der Waals surface area (Å²) in [6.07, 6.45) is 0.539. The minimum absolute atomic E-state index is 0.0219. The summed E-state index contributed by atoms with van der Waals surface area (Å²) in [4.78, 5) is 0. The van der Waals surface area contributed by atoms with Crippen LogP contribution < -0.4 is 10.1 Å². The molecule has 4 heteroatoms. The van der Waals surface area contributed by atoms with Crippen LogP contribution in [0.5, 0.6) is 5.75 Å². The zero-order chi connectivity index (χ0) is 15.2. The van der Waals surface area contributed by atoms with Crippen LogP contribution in [0.2, 0.25) is 5.02 Å². The summed E-state index contributed by atoms with van der Waals surface area (Å²) in [5.41, 5.74) is 1.69. The predicted molar refractivity (Wildman–Crippen MR) is 84.5 cm³/mol. The summed E-state index contributed by atoms with van der Waals surface area (Å²) in [5.74, 6) is 0.607. The predicted octanol–water partition coefficient (Wildman–Crippen LogP) is 4.38. The number of hydrogen-bond donors (Lipinski definition) is 1. The van der Waals surface area contributed by atoms with E-state index in [2.05, 4.69) is 5.32 Å². The highest BCUT2D eigenvalue weighted by molar-refractivity contribution is 6.30. The van der Waals surface area contributed by atoms with Crippen LogP contribution >= 0.6 is 11.6 Å². The van der Waals surface area contributed by atoms with Crippen LogP contribution in [0.1, 0.15) is 24.1 Å². The lowest BCUT2D eigenvalue weighted by atomic mass is 9.98. The molecule has 0 aromatic heterocycles. The highest BCUT2D eigenvalue weighted by atomic mass is 35.5. The van der Waals surface area contributed by atoms with Crippen molar-refractivity contribution in [3.05, 3.63) is 64.4 Å². The van der Waals surface area contributed by atoms with Crippen molar-refractivity contribution < 1.29 is 9.13 Å². The van der Waals surface area contributed by atoms with Gasteiger partial charge in [-0.3, -0.25) is 0 Å². The number of benzene rings is 2. The van der Waals surface area contributed by atoms with Gasteiger partial charge in [0, 0.05) is 11.1 Å². The summed E-state index contributed by atoms with van der Waals surface area (Å²) < 4.78 is 19.3. The van der Waals surface area contributed by atoms with Crippen molar-refractivity contribution in [2.75, 3.05) is 13.7 Å². The van der Waals surface area contributed by atoms with Crippen LogP contribution in [-0.4, -0.2) is 13.7 Å². The molecule has 21 heavy (non-hydrogen) atoms. The number of likely N-dealkylation sites (N-methyl/N-ethyl adjacent to an activating group) is 1. The Morgan fingerprint density at radius 2 is 1.90 bits per heavy atom. The fourth-order valence-corrected chi connectivity index (χ4v) is 2.46. The lowest BCUT2D eigenvalue weighted by molar-refractivity contribution is 0.340. The largest absolute Gasteiger partial charge is 0.494 e. The molecule has 0 saturated carbocycles. The molecule has 0 amide bonds. The Bertz CT molecular complexity index is 586. The van der Waals surface area contributed by atoms with E-state index >= 15 is 0 Å². The molecule has 0 saturated heterocycles. The first kappa shape index (κ1) is 15.8. The number of halogens is 2. The topological polar surface area (TPSA) is 21.3 Å². The van der Waals surface area contributed by atoms with Gasteiger partial charge in [-0.15, -0.1) is 0 Å². The second-order valence-electron chi connectivity index (χ2n) is 4.78. The minimum atomic E-state index is -0.231. The highest BCUT2D eigenvalue weighted by Crippen LogP contribution is 2.24. The maximum absolute atomic E-state index is 13.8. The van der Waals surface area contributed by atoms with Crippen molar-refractivity contribution in [1.82, 2.24) is 5.32 Å². The first-order chi connectivity index (χ1) is 10.1. The highest BCUT2D eigenvalue weighted by Gasteiger charge is 2.13. The zero-order valence-corrected chi connectivity index (χ0v) is 13.0. The Labute approximate surface area is 129 Å². The van der Waals surface area contributed by atoms with E-state index in [-0.39, 0.29) is 11.9 Å². The monoisotopic (exact) mass is 307 g/mol. The smallest absolute Gasteiger partial charge is 0.126 e. The van der Waals surface area contributed by atoms with Crippen molar-refractivity contribution in [2.24, 2.45) is 0 Å². The summed E-state index contributed by atoms with van der Waals surface area (Å²) in [7, 11) is 1.86. The maximum Gasteiger partial charge on any atom is 0.126 e. The van der Waals surface area contributed by atoms with Gasteiger partial charge in [-0.2, -0.15) is 0 Å². The van der Waals surface area contributed by atoms with Gasteiger partial charge < -0.3 is 10.1 Å². The van der Waals surface area contributed by atoms with E-state index in [1.165, 1.54) is 6.07 Å². The summed E-state index contributed by atoms with van der Waals surface area (Å²) >= 11 is 5.94. The molecular formula is C17H19ClFNO. The quantitative estimate of drug-likeness (QED) is 0.855. The Morgan fingerprint density at radius 1 is 1.19 bits per heavy atom. The van der Waals surface area contributed by atoms with Gasteiger partial charge in [-0.1, -0.05) is 23.7 Å². The fraction of sp³-hybridized carbons (Fsp3) is 0.294. The Hall–Kier alpha value is -1.58. The van der Waals surface area contributed by atoms with E-state index in [1.54, 1.807) is 12.1 Å². The van der Waals surface area contributed by atoms with Crippen LogP contribution in [0.4, 0.5) is 4.39 Å². The molecule has 112 valence electrons. The molecule has 0 aliphatic heterocycles. The number of ether oxygens (including phenoxy) is 1. The molecule has 2 aromatic rings. The van der Waals surface area contributed by atoms with Crippen molar-refractivity contribution >= 4 is 11.6 Å². The molecule has 0 aliphatic rings. The first-order valence-electron chi connectivity index (χ1n) is 6.98. The van der Waals surface area contributed by atoms with Gasteiger partial charge in [0.1, 0.15) is 11.6 Å². The van der Waals surface area contributed by atoms with E-state index < -0.39 is 0 Å². The molecule has 1 N–H and O–H groups in total. The lowest BCUT2D eigenvalue weighted by Gasteiger charge is -2.18. The molecule has 1 unspecified atom stereocenters. The third-order valence-corrected chi connectivity index (χ3v) is 3.61. The summed E-state index contributed by atoms with van der Waals surface area (Å²) in [6, 6.07) is 12.5. The summed E-state index contributed by atoms with van der Waals surface area (Å²) in [6.45, 7) is 2.59. The van der Waals surface area contributed by atoms with E-state index in [9.17, 15) is 4.39 Å². The zero-order valence-electron chi connectivity index (χ0n) is 12.2. The number of hydrogen-bond acceptors (Lipinski definition) is 2. The van der Waals surface area contributed by atoms with Crippen molar-refractivity contribution in [2.45, 2.75) is 19.4 Å². The van der Waals surface area contributed by atoms with Crippen LogP contribution in [0, 0.1) is 5.82 Å². The molecule has 0 spiro atoms. The van der Waals surface area contributed by atoms with Gasteiger partial charge in [0.25, 0.3) is 0 Å². The van der Waals surface area contributed by atoms with E-state index in [4.69, 9.17) is 16.3 Å². The van der Waals surface area contributed by atoms with Crippen LogP contribution in [0.15, 0.2) is 42.5 Å². The SMILES string of the molecule is CCOc1ccc(C(Cc2cc(Cl)ccc2F)NC)cc1. The number of nitrogens with one attached hydrogen (secondary N) is 1. The molecule has 0 heterocycles. The van der Waals surface area contributed by atoms with Crippen LogP contribution in [0.25, 0.3) is 0 Å². The van der Waals surface area contributed by atoms with Gasteiger partial charge in [-0.25, -0.2) is 4.39 Å². The average Bonchev–Trinajstić information content (AvgIpc) is 2.49. The molecule has 0 radical (unpaired) electrons. The van der Waals surface area contributed by atoms with E-state index in [0.29, 0.717) is 23.6 Å². The van der Waals surface area contributed by atoms with Gasteiger partial charge in [0.05, 0.1) is 6.61 Å². The molecule has 2 nitrogen and oxygen atoms in total. The van der Waals surface area contributed by atoms with Gasteiger partial charge >= 0.3 is 0 Å². The Balaban J connectivity index is 2.17. The first-order valence-corrected chi connectivity index (χ1v) is 7.35. The molecular weight excluding hydrogens is 289 g/mol. The van der Waals surface area contributed by atoms with Crippen molar-refractivity contribution in [3.8, 4) is 5.75 Å². The standard InChI is InChI=1S/C17H19ClFNO/c1-3-21-15-7-4-12(5-8-15)17(20-2)11-13-10-14(18)6-9-16(13)19/h4-10,17,20H,3,11H2,1-2H3. The number of rotatable bonds is 6. The molecule has 2 rings (SSSR count). The van der Waals surface area contributed by atoms with Crippen molar-refractivity contribution in [1.29, 1.82) is 0 Å². The molecule has 0 fully saturated rings. The second-order valence-corrected chi connectivity index (χ2v) is 5.22. The molecule has 0 aliphatic carbocycles. The third-order valence-electron chi connectivity index (χ3n) is 3.37.